The van der Waals surface area contributed by atoms with Crippen LogP contribution >= 0.6 is 11.3 Å². The number of aliphatic hydroxyl groups is 1. The number of hydrogen-bond donors (Lipinski definition) is 1. The van der Waals surface area contributed by atoms with Gasteiger partial charge in [0.1, 0.15) is 5.60 Å². The Morgan fingerprint density at radius 2 is 2.36 bits per heavy atom. The van der Waals surface area contributed by atoms with Crippen LogP contribution in [0, 0.1) is 12.8 Å². The van der Waals surface area contributed by atoms with Gasteiger partial charge in [0.2, 0.25) is 0 Å². The molecule has 0 bridgehead atoms. The van der Waals surface area contributed by atoms with Crippen LogP contribution in [0.3, 0.4) is 0 Å². The van der Waals surface area contributed by atoms with Crippen LogP contribution in [0.1, 0.15) is 30.2 Å². The fourth-order valence-electron chi connectivity index (χ4n) is 1.86. The molecule has 0 aliphatic heterocycles. The van der Waals surface area contributed by atoms with Crippen molar-refractivity contribution in [2.75, 3.05) is 0 Å². The molecule has 0 saturated heterocycles. The van der Waals surface area contributed by atoms with Crippen molar-refractivity contribution >= 4 is 11.3 Å². The van der Waals surface area contributed by atoms with Crippen LogP contribution in [0.4, 0.5) is 0 Å². The summed E-state index contributed by atoms with van der Waals surface area (Å²) in [5.74, 6) is 0.606. The van der Waals surface area contributed by atoms with Gasteiger partial charge in [0.15, 0.2) is 0 Å². The Morgan fingerprint density at radius 1 is 1.57 bits per heavy atom. The van der Waals surface area contributed by atoms with Crippen LogP contribution < -0.4 is 0 Å². The minimum absolute atomic E-state index is 0.606. The molecule has 76 valence electrons. The third-order valence-corrected chi connectivity index (χ3v) is 3.77. The fraction of sp³-hybridized carbons (Fsp3) is 0.500. The molecule has 2 rings (SSSR count). The van der Waals surface area contributed by atoms with Gasteiger partial charge in [0.05, 0.1) is 0 Å². The first-order valence-corrected chi connectivity index (χ1v) is 5.95. The summed E-state index contributed by atoms with van der Waals surface area (Å²) in [5, 5.41) is 12.5. The standard InChI is InChI=1S/C12H16OS/c1-9-3-5-12(13,6-4-9)11-7-10(2)14-8-11/h3,5,7-9,13H,4,6H2,1-2H3. The van der Waals surface area contributed by atoms with E-state index in [0.29, 0.717) is 5.92 Å². The second-order valence-corrected chi connectivity index (χ2v) is 5.36. The van der Waals surface area contributed by atoms with E-state index in [4.69, 9.17) is 0 Å². The first-order valence-electron chi connectivity index (χ1n) is 5.07. The minimum atomic E-state index is -0.697. The quantitative estimate of drug-likeness (QED) is 0.702. The van der Waals surface area contributed by atoms with Crippen molar-refractivity contribution in [2.45, 2.75) is 32.3 Å². The Labute approximate surface area is 89.1 Å². The van der Waals surface area contributed by atoms with Gasteiger partial charge in [-0.2, -0.15) is 0 Å². The maximum Gasteiger partial charge on any atom is 0.109 e. The van der Waals surface area contributed by atoms with Crippen molar-refractivity contribution in [3.63, 3.8) is 0 Å². The molecule has 1 aliphatic carbocycles. The van der Waals surface area contributed by atoms with Crippen LogP contribution in [0.25, 0.3) is 0 Å². The lowest BCUT2D eigenvalue weighted by molar-refractivity contribution is 0.0677. The predicted octanol–water partition coefficient (Wildman–Crippen LogP) is 3.23. The second kappa shape index (κ2) is 3.52. The normalized spacial score (nSPS) is 32.1. The van der Waals surface area contributed by atoms with Crippen molar-refractivity contribution < 1.29 is 5.11 Å². The molecule has 1 aromatic heterocycles. The highest BCUT2D eigenvalue weighted by Gasteiger charge is 2.29. The molecule has 0 radical (unpaired) electrons. The summed E-state index contributed by atoms with van der Waals surface area (Å²) in [6.07, 6.45) is 6.00. The molecular weight excluding hydrogens is 192 g/mol. The van der Waals surface area contributed by atoms with Gasteiger partial charge >= 0.3 is 0 Å². The van der Waals surface area contributed by atoms with Crippen LogP contribution in [0.5, 0.6) is 0 Å². The van der Waals surface area contributed by atoms with Crippen LogP contribution in [0.2, 0.25) is 0 Å². The zero-order valence-electron chi connectivity index (χ0n) is 8.66. The Kier molecular flexibility index (Phi) is 2.50. The van der Waals surface area contributed by atoms with Gasteiger partial charge in [-0.15, -0.1) is 11.3 Å². The molecule has 1 aromatic rings. The predicted molar refractivity (Wildman–Crippen MR) is 60.5 cm³/mol. The largest absolute Gasteiger partial charge is 0.381 e. The lowest BCUT2D eigenvalue weighted by Gasteiger charge is -2.29. The first-order chi connectivity index (χ1) is 6.60. The van der Waals surface area contributed by atoms with E-state index in [1.807, 2.05) is 6.08 Å². The molecule has 0 aromatic carbocycles. The maximum atomic E-state index is 10.4. The van der Waals surface area contributed by atoms with E-state index in [0.717, 1.165) is 18.4 Å². The van der Waals surface area contributed by atoms with Gasteiger partial charge in [-0.3, -0.25) is 0 Å². The summed E-state index contributed by atoms with van der Waals surface area (Å²) in [6, 6.07) is 2.09. The van der Waals surface area contributed by atoms with Gasteiger partial charge in [0.25, 0.3) is 0 Å². The van der Waals surface area contributed by atoms with E-state index in [1.165, 1.54) is 4.88 Å². The molecule has 0 fully saturated rings. The molecular formula is C12H16OS. The zero-order valence-corrected chi connectivity index (χ0v) is 9.47. The topological polar surface area (TPSA) is 20.2 Å². The third-order valence-electron chi connectivity index (χ3n) is 2.91. The van der Waals surface area contributed by atoms with Gasteiger partial charge in [0, 0.05) is 4.88 Å². The van der Waals surface area contributed by atoms with Crippen molar-refractivity contribution in [2.24, 2.45) is 5.92 Å². The van der Waals surface area contributed by atoms with Gasteiger partial charge in [-0.25, -0.2) is 0 Å². The molecule has 14 heavy (non-hydrogen) atoms. The highest BCUT2D eigenvalue weighted by molar-refractivity contribution is 7.10. The van der Waals surface area contributed by atoms with E-state index in [2.05, 4.69) is 31.4 Å². The average molecular weight is 208 g/mol. The summed E-state index contributed by atoms with van der Waals surface area (Å²) in [5.41, 5.74) is 0.361. The summed E-state index contributed by atoms with van der Waals surface area (Å²) < 4.78 is 0. The molecule has 0 saturated carbocycles. The molecule has 0 amide bonds. The molecule has 2 atom stereocenters. The molecule has 1 nitrogen and oxygen atoms in total. The van der Waals surface area contributed by atoms with Gasteiger partial charge in [-0.1, -0.05) is 19.1 Å². The molecule has 0 spiro atoms. The van der Waals surface area contributed by atoms with Crippen molar-refractivity contribution in [1.82, 2.24) is 0 Å². The van der Waals surface area contributed by atoms with Crippen molar-refractivity contribution in [1.29, 1.82) is 0 Å². The van der Waals surface area contributed by atoms with Crippen molar-refractivity contribution in [3.05, 3.63) is 34.0 Å². The van der Waals surface area contributed by atoms with E-state index in [1.54, 1.807) is 11.3 Å². The highest BCUT2D eigenvalue weighted by atomic mass is 32.1. The monoisotopic (exact) mass is 208 g/mol. The Hall–Kier alpha value is -0.600. The Morgan fingerprint density at radius 3 is 2.86 bits per heavy atom. The van der Waals surface area contributed by atoms with Crippen LogP contribution in [-0.4, -0.2) is 5.11 Å². The van der Waals surface area contributed by atoms with Crippen molar-refractivity contribution in [3.8, 4) is 0 Å². The Bertz CT molecular complexity index is 353. The number of thiophene rings is 1. The van der Waals surface area contributed by atoms with E-state index in [9.17, 15) is 5.11 Å². The second-order valence-electron chi connectivity index (χ2n) is 4.25. The van der Waals surface area contributed by atoms with Gasteiger partial charge < -0.3 is 5.11 Å². The van der Waals surface area contributed by atoms with E-state index in [-0.39, 0.29) is 0 Å². The zero-order chi connectivity index (χ0) is 10.2. The summed E-state index contributed by atoms with van der Waals surface area (Å²) in [6.45, 7) is 4.27. The lowest BCUT2D eigenvalue weighted by Crippen LogP contribution is -2.25. The number of hydrogen-bond acceptors (Lipinski definition) is 2. The van der Waals surface area contributed by atoms with E-state index < -0.39 is 5.60 Å². The smallest absolute Gasteiger partial charge is 0.109 e. The van der Waals surface area contributed by atoms with E-state index >= 15 is 0 Å². The summed E-state index contributed by atoms with van der Waals surface area (Å²) >= 11 is 1.70. The molecule has 2 heteroatoms. The molecule has 2 unspecified atom stereocenters. The SMILES string of the molecule is Cc1cc(C2(O)C=CC(C)CC2)cs1. The summed E-state index contributed by atoms with van der Waals surface area (Å²) in [4.78, 5) is 1.26. The summed E-state index contributed by atoms with van der Waals surface area (Å²) in [7, 11) is 0. The molecule has 1 aliphatic rings. The fourth-order valence-corrected chi connectivity index (χ4v) is 2.64. The Balaban J connectivity index is 2.29. The molecule has 1 heterocycles. The average Bonchev–Trinajstić information content (AvgIpc) is 2.58. The van der Waals surface area contributed by atoms with Crippen LogP contribution in [-0.2, 0) is 5.60 Å². The highest BCUT2D eigenvalue weighted by Crippen LogP contribution is 2.36. The first kappa shape index (κ1) is 9.94. The third kappa shape index (κ3) is 1.77. The lowest BCUT2D eigenvalue weighted by atomic mass is 9.82. The van der Waals surface area contributed by atoms with Crippen LogP contribution in [0.15, 0.2) is 23.6 Å². The minimum Gasteiger partial charge on any atom is -0.381 e. The molecule has 1 N–H and O–H groups in total. The maximum absolute atomic E-state index is 10.4. The van der Waals surface area contributed by atoms with Gasteiger partial charge in [-0.05, 0) is 42.7 Å². The number of aryl methyl sites for hydroxylation is 1. The number of allylic oxidation sites excluding steroid dienone is 1. The number of rotatable bonds is 1.